The number of aromatic nitrogens is 2. The maximum atomic E-state index is 12.0. The Hall–Kier alpha value is -3.54. The average molecular weight is 333 g/mol. The van der Waals surface area contributed by atoms with E-state index >= 15 is 0 Å². The van der Waals surface area contributed by atoms with Gasteiger partial charge in [-0.1, -0.05) is 18.2 Å². The van der Waals surface area contributed by atoms with Gasteiger partial charge in [0.1, 0.15) is 0 Å². The summed E-state index contributed by atoms with van der Waals surface area (Å²) in [4.78, 5) is 32.2. The molecule has 25 heavy (non-hydrogen) atoms. The lowest BCUT2D eigenvalue weighted by atomic mass is 10.2. The Morgan fingerprint density at radius 2 is 1.88 bits per heavy atom. The van der Waals surface area contributed by atoms with Crippen LogP contribution in [-0.4, -0.2) is 29.0 Å². The van der Waals surface area contributed by atoms with E-state index < -0.39 is 5.97 Å². The summed E-state index contributed by atoms with van der Waals surface area (Å²) < 4.78 is 4.66. The molecule has 2 aromatic carbocycles. The van der Waals surface area contributed by atoms with Crippen LogP contribution in [0.15, 0.2) is 60.8 Å². The Bertz CT molecular complexity index is 967. The van der Waals surface area contributed by atoms with E-state index in [1.54, 1.807) is 36.5 Å². The van der Waals surface area contributed by atoms with Gasteiger partial charge in [-0.05, 0) is 36.4 Å². The highest BCUT2D eigenvalue weighted by atomic mass is 16.5. The van der Waals surface area contributed by atoms with Gasteiger partial charge in [0.2, 0.25) is 5.91 Å². The van der Waals surface area contributed by atoms with E-state index in [4.69, 9.17) is 0 Å². The second-order valence-electron chi connectivity index (χ2n) is 5.18. The topological polar surface area (TPSA) is 81.2 Å². The van der Waals surface area contributed by atoms with E-state index in [0.717, 1.165) is 11.0 Å². The molecule has 0 radical (unpaired) electrons. The molecule has 3 aromatic rings. The maximum Gasteiger partial charge on any atom is 0.337 e. The number of hydrogen-bond donors (Lipinski definition) is 1. The molecule has 0 saturated heterocycles. The van der Waals surface area contributed by atoms with Crippen molar-refractivity contribution in [3.05, 3.63) is 72.1 Å². The monoisotopic (exact) mass is 333 g/mol. The number of methoxy groups -OCH3 is 1. The first kappa shape index (κ1) is 16.3. The largest absolute Gasteiger partial charge is 0.465 e. The number of nitrogens with zero attached hydrogens (tertiary/aromatic N) is 2. The van der Waals surface area contributed by atoms with Crippen LogP contribution in [0.4, 0.5) is 5.69 Å². The third-order valence-corrected chi connectivity index (χ3v) is 3.42. The van der Waals surface area contributed by atoms with Gasteiger partial charge in [-0.15, -0.1) is 0 Å². The van der Waals surface area contributed by atoms with Crippen molar-refractivity contribution in [3.8, 4) is 0 Å². The standard InChI is InChI=1S/C19H15N3O3/c1-25-19(24)13-5-4-6-14(11-13)22-18(23)10-9-15-12-20-16-7-2-3-8-17(16)21-15/h2-12H,1H3,(H,22,23)/b10-9+. The van der Waals surface area contributed by atoms with Crippen LogP contribution >= 0.6 is 0 Å². The van der Waals surface area contributed by atoms with Crippen molar-refractivity contribution in [1.29, 1.82) is 0 Å². The summed E-state index contributed by atoms with van der Waals surface area (Å²) in [6.07, 6.45) is 4.55. The number of para-hydroxylation sites is 2. The molecule has 0 saturated carbocycles. The van der Waals surface area contributed by atoms with Gasteiger partial charge in [0, 0.05) is 11.8 Å². The predicted molar refractivity (Wildman–Crippen MR) is 95.0 cm³/mol. The zero-order valence-electron chi connectivity index (χ0n) is 13.5. The number of ether oxygens (including phenoxy) is 1. The minimum atomic E-state index is -0.460. The summed E-state index contributed by atoms with van der Waals surface area (Å²) >= 11 is 0. The first-order valence-electron chi connectivity index (χ1n) is 7.55. The van der Waals surface area contributed by atoms with E-state index in [2.05, 4.69) is 20.0 Å². The van der Waals surface area contributed by atoms with Crippen LogP contribution in [0.5, 0.6) is 0 Å². The molecular weight excluding hydrogens is 318 g/mol. The van der Waals surface area contributed by atoms with E-state index in [1.165, 1.54) is 13.2 Å². The lowest BCUT2D eigenvalue weighted by molar-refractivity contribution is -0.111. The average Bonchev–Trinajstić information content (AvgIpc) is 2.65. The summed E-state index contributed by atoms with van der Waals surface area (Å²) in [5.41, 5.74) is 3.00. The summed E-state index contributed by atoms with van der Waals surface area (Å²) in [5, 5.41) is 2.69. The SMILES string of the molecule is COC(=O)c1cccc(NC(=O)/C=C/c2cnc3ccccc3n2)c1. The van der Waals surface area contributed by atoms with Crippen molar-refractivity contribution in [2.24, 2.45) is 0 Å². The molecule has 1 N–H and O–H groups in total. The summed E-state index contributed by atoms with van der Waals surface area (Å²) in [7, 11) is 1.31. The molecule has 0 aliphatic heterocycles. The number of hydrogen-bond acceptors (Lipinski definition) is 5. The highest BCUT2D eigenvalue weighted by Gasteiger charge is 2.06. The second-order valence-corrected chi connectivity index (χ2v) is 5.18. The second kappa shape index (κ2) is 7.35. The molecule has 0 aliphatic rings. The Morgan fingerprint density at radius 1 is 1.08 bits per heavy atom. The van der Waals surface area contributed by atoms with Gasteiger partial charge in [0.25, 0.3) is 0 Å². The number of rotatable bonds is 4. The Balaban J connectivity index is 1.71. The predicted octanol–water partition coefficient (Wildman–Crippen LogP) is 3.07. The van der Waals surface area contributed by atoms with E-state index in [1.807, 2.05) is 24.3 Å². The molecule has 124 valence electrons. The summed E-state index contributed by atoms with van der Waals surface area (Å²) in [6, 6.07) is 14.0. The molecule has 1 heterocycles. The number of anilines is 1. The molecule has 0 bridgehead atoms. The van der Waals surface area contributed by atoms with Crippen LogP contribution in [0.1, 0.15) is 16.1 Å². The fourth-order valence-electron chi connectivity index (χ4n) is 2.24. The number of carbonyl (C=O) groups is 2. The molecule has 0 unspecified atom stereocenters. The lowest BCUT2D eigenvalue weighted by Gasteiger charge is -2.04. The van der Waals surface area contributed by atoms with Gasteiger partial charge in [-0.2, -0.15) is 0 Å². The molecule has 1 amide bonds. The first-order chi connectivity index (χ1) is 12.2. The van der Waals surface area contributed by atoms with Crippen molar-refractivity contribution in [2.75, 3.05) is 12.4 Å². The zero-order chi connectivity index (χ0) is 17.6. The van der Waals surface area contributed by atoms with Crippen molar-refractivity contribution in [1.82, 2.24) is 9.97 Å². The fraction of sp³-hybridized carbons (Fsp3) is 0.0526. The molecule has 0 fully saturated rings. The van der Waals surface area contributed by atoms with Crippen LogP contribution < -0.4 is 5.32 Å². The van der Waals surface area contributed by atoms with Gasteiger partial charge < -0.3 is 10.1 Å². The molecule has 6 heteroatoms. The number of amides is 1. The molecule has 6 nitrogen and oxygen atoms in total. The summed E-state index contributed by atoms with van der Waals surface area (Å²) in [5.74, 6) is -0.796. The highest BCUT2D eigenvalue weighted by Crippen LogP contribution is 2.12. The lowest BCUT2D eigenvalue weighted by Crippen LogP contribution is -2.09. The van der Waals surface area contributed by atoms with Crippen molar-refractivity contribution < 1.29 is 14.3 Å². The summed E-state index contributed by atoms with van der Waals surface area (Å²) in [6.45, 7) is 0. The first-order valence-corrected chi connectivity index (χ1v) is 7.55. The van der Waals surface area contributed by atoms with Crippen molar-refractivity contribution >= 4 is 34.7 Å². The number of fused-ring (bicyclic) bond motifs is 1. The molecule has 0 aliphatic carbocycles. The normalized spacial score (nSPS) is 10.8. The maximum absolute atomic E-state index is 12.0. The smallest absolute Gasteiger partial charge is 0.337 e. The van der Waals surface area contributed by atoms with Crippen molar-refractivity contribution in [3.63, 3.8) is 0 Å². The molecular formula is C19H15N3O3. The Morgan fingerprint density at radius 3 is 2.68 bits per heavy atom. The Kier molecular flexibility index (Phi) is 4.80. The Labute approximate surface area is 144 Å². The van der Waals surface area contributed by atoms with E-state index in [-0.39, 0.29) is 5.91 Å². The molecule has 0 atom stereocenters. The third-order valence-electron chi connectivity index (χ3n) is 3.42. The van der Waals surface area contributed by atoms with Gasteiger partial charge in [-0.3, -0.25) is 9.78 Å². The van der Waals surface area contributed by atoms with Crippen LogP contribution in [0.25, 0.3) is 17.1 Å². The van der Waals surface area contributed by atoms with Crippen LogP contribution in [0.2, 0.25) is 0 Å². The minimum absolute atomic E-state index is 0.336. The van der Waals surface area contributed by atoms with Crippen molar-refractivity contribution in [2.45, 2.75) is 0 Å². The van der Waals surface area contributed by atoms with Gasteiger partial charge in [0.05, 0.1) is 35.6 Å². The van der Waals surface area contributed by atoms with Gasteiger partial charge >= 0.3 is 5.97 Å². The van der Waals surface area contributed by atoms with Crippen LogP contribution in [-0.2, 0) is 9.53 Å². The zero-order valence-corrected chi connectivity index (χ0v) is 13.5. The number of benzene rings is 2. The number of esters is 1. The van der Waals surface area contributed by atoms with Crippen LogP contribution in [0.3, 0.4) is 0 Å². The number of carbonyl (C=O) groups excluding carboxylic acids is 2. The molecule has 1 aromatic heterocycles. The van der Waals surface area contributed by atoms with Crippen LogP contribution in [0, 0.1) is 0 Å². The molecule has 0 spiro atoms. The third kappa shape index (κ3) is 4.06. The quantitative estimate of drug-likeness (QED) is 0.586. The minimum Gasteiger partial charge on any atom is -0.465 e. The van der Waals surface area contributed by atoms with Gasteiger partial charge in [0.15, 0.2) is 0 Å². The van der Waals surface area contributed by atoms with E-state index in [9.17, 15) is 9.59 Å². The van der Waals surface area contributed by atoms with Gasteiger partial charge in [-0.25, -0.2) is 9.78 Å². The van der Waals surface area contributed by atoms with E-state index in [0.29, 0.717) is 16.9 Å². The number of nitrogens with one attached hydrogen (secondary N) is 1. The fourth-order valence-corrected chi connectivity index (χ4v) is 2.24. The highest BCUT2D eigenvalue weighted by molar-refractivity contribution is 6.02. The molecule has 3 rings (SSSR count).